The van der Waals surface area contributed by atoms with Crippen molar-refractivity contribution in [3.05, 3.63) is 29.8 Å². The first-order valence-corrected chi connectivity index (χ1v) is 9.82. The van der Waals surface area contributed by atoms with Crippen LogP contribution in [-0.2, 0) is 11.3 Å². The Morgan fingerprint density at radius 1 is 1.12 bits per heavy atom. The van der Waals surface area contributed by atoms with E-state index in [0.29, 0.717) is 25.4 Å². The van der Waals surface area contributed by atoms with Crippen molar-refractivity contribution in [3.8, 4) is 0 Å². The zero-order chi connectivity index (χ0) is 18.6. The molecule has 1 fully saturated rings. The molecule has 6 heteroatoms. The molecule has 1 aliphatic rings. The summed E-state index contributed by atoms with van der Waals surface area (Å²) in [5, 5.41) is 12.1. The molecule has 0 aliphatic heterocycles. The Morgan fingerprint density at radius 2 is 1.88 bits per heavy atom. The number of nitrogens with one attached hydrogen (secondary N) is 4. The quantitative estimate of drug-likeness (QED) is 0.511. The fraction of sp³-hybridized carbons (Fsp3) is 0.600. The standard InChI is InChI=1S/C20H32N4O2/c1-2-21-15-16-9-6-7-12-18(16)24-19(25)13-8-14-22-20(26)23-17-10-4-3-5-11-17/h6-7,9,12,17,21H,2-5,8,10-11,13-15H2,1H3,(H,24,25)(H2,22,23,26). The third kappa shape index (κ3) is 7.44. The largest absolute Gasteiger partial charge is 0.338 e. The summed E-state index contributed by atoms with van der Waals surface area (Å²) >= 11 is 0. The van der Waals surface area contributed by atoms with Crippen LogP contribution in [0.5, 0.6) is 0 Å². The Labute approximate surface area is 156 Å². The third-order valence-electron chi connectivity index (χ3n) is 4.66. The number of hydrogen-bond donors (Lipinski definition) is 4. The molecule has 4 N–H and O–H groups in total. The van der Waals surface area contributed by atoms with Crippen LogP contribution in [0.15, 0.2) is 24.3 Å². The van der Waals surface area contributed by atoms with E-state index in [2.05, 4.69) is 28.2 Å². The van der Waals surface area contributed by atoms with Crippen LogP contribution in [0, 0.1) is 0 Å². The van der Waals surface area contributed by atoms with E-state index < -0.39 is 0 Å². The monoisotopic (exact) mass is 360 g/mol. The van der Waals surface area contributed by atoms with E-state index >= 15 is 0 Å². The number of urea groups is 1. The van der Waals surface area contributed by atoms with E-state index in [1.807, 2.05) is 24.3 Å². The van der Waals surface area contributed by atoms with Crippen LogP contribution >= 0.6 is 0 Å². The van der Waals surface area contributed by atoms with E-state index in [9.17, 15) is 9.59 Å². The van der Waals surface area contributed by atoms with Gasteiger partial charge in [0.15, 0.2) is 0 Å². The van der Waals surface area contributed by atoms with Gasteiger partial charge in [-0.25, -0.2) is 4.79 Å². The summed E-state index contributed by atoms with van der Waals surface area (Å²) in [7, 11) is 0. The van der Waals surface area contributed by atoms with Gasteiger partial charge < -0.3 is 21.3 Å². The fourth-order valence-electron chi connectivity index (χ4n) is 3.20. The summed E-state index contributed by atoms with van der Waals surface area (Å²) in [6.07, 6.45) is 6.82. The van der Waals surface area contributed by atoms with Crippen LogP contribution < -0.4 is 21.3 Å². The Bertz CT molecular complexity index is 571. The molecule has 0 radical (unpaired) electrons. The molecule has 1 saturated carbocycles. The van der Waals surface area contributed by atoms with Crippen molar-refractivity contribution >= 4 is 17.6 Å². The molecule has 1 aromatic carbocycles. The molecule has 0 unspecified atom stereocenters. The average Bonchev–Trinajstić information content (AvgIpc) is 2.65. The topological polar surface area (TPSA) is 82.3 Å². The van der Waals surface area contributed by atoms with Crippen LogP contribution in [-0.4, -0.2) is 31.1 Å². The lowest BCUT2D eigenvalue weighted by atomic mass is 9.96. The second-order valence-electron chi connectivity index (χ2n) is 6.82. The third-order valence-corrected chi connectivity index (χ3v) is 4.66. The van der Waals surface area contributed by atoms with Crippen LogP contribution in [0.2, 0.25) is 0 Å². The highest BCUT2D eigenvalue weighted by Gasteiger charge is 2.15. The predicted octanol–water partition coefficient (Wildman–Crippen LogP) is 3.15. The summed E-state index contributed by atoms with van der Waals surface area (Å²) in [6.45, 7) is 4.18. The van der Waals surface area contributed by atoms with Crippen molar-refractivity contribution in [3.63, 3.8) is 0 Å². The molecule has 3 amide bonds. The molecule has 0 bridgehead atoms. The number of carbonyl (C=O) groups is 2. The number of rotatable bonds is 9. The number of benzene rings is 1. The predicted molar refractivity (Wildman–Crippen MR) is 105 cm³/mol. The van der Waals surface area contributed by atoms with Crippen molar-refractivity contribution < 1.29 is 9.59 Å². The van der Waals surface area contributed by atoms with Gasteiger partial charge in [0.2, 0.25) is 5.91 Å². The summed E-state index contributed by atoms with van der Waals surface area (Å²) in [5.41, 5.74) is 1.93. The fourth-order valence-corrected chi connectivity index (χ4v) is 3.20. The number of hydrogen-bond acceptors (Lipinski definition) is 3. The van der Waals surface area contributed by atoms with Gasteiger partial charge >= 0.3 is 6.03 Å². The molecule has 0 aromatic heterocycles. The van der Waals surface area contributed by atoms with Gasteiger partial charge in [-0.15, -0.1) is 0 Å². The minimum atomic E-state index is -0.117. The molecular weight excluding hydrogens is 328 g/mol. The SMILES string of the molecule is CCNCc1ccccc1NC(=O)CCCNC(=O)NC1CCCCC1. The van der Waals surface area contributed by atoms with Gasteiger partial charge in [-0.1, -0.05) is 44.4 Å². The number of anilines is 1. The zero-order valence-corrected chi connectivity index (χ0v) is 15.8. The molecule has 1 aromatic rings. The van der Waals surface area contributed by atoms with Crippen molar-refractivity contribution in [2.75, 3.05) is 18.4 Å². The van der Waals surface area contributed by atoms with Crippen molar-refractivity contribution in [2.45, 2.75) is 64.5 Å². The Hall–Kier alpha value is -2.08. The minimum Gasteiger partial charge on any atom is -0.338 e. The van der Waals surface area contributed by atoms with Crippen molar-refractivity contribution in [2.24, 2.45) is 0 Å². The Morgan fingerprint density at radius 3 is 2.65 bits per heavy atom. The first kappa shape index (κ1) is 20.2. The van der Waals surface area contributed by atoms with Crippen LogP contribution in [0.3, 0.4) is 0 Å². The van der Waals surface area contributed by atoms with Gasteiger partial charge in [0.05, 0.1) is 0 Å². The smallest absolute Gasteiger partial charge is 0.315 e. The summed E-state index contributed by atoms with van der Waals surface area (Å²) in [5.74, 6) is -0.0246. The van der Waals surface area contributed by atoms with Gasteiger partial charge in [0, 0.05) is 31.2 Å². The molecule has 2 rings (SSSR count). The summed E-state index contributed by atoms with van der Waals surface area (Å²) < 4.78 is 0. The van der Waals surface area contributed by atoms with E-state index in [0.717, 1.165) is 37.2 Å². The Balaban J connectivity index is 1.63. The van der Waals surface area contributed by atoms with E-state index in [1.54, 1.807) is 0 Å². The molecule has 1 aliphatic carbocycles. The molecule has 6 nitrogen and oxygen atoms in total. The van der Waals surface area contributed by atoms with E-state index in [4.69, 9.17) is 0 Å². The van der Waals surface area contributed by atoms with Crippen molar-refractivity contribution in [1.82, 2.24) is 16.0 Å². The van der Waals surface area contributed by atoms with Crippen LogP contribution in [0.4, 0.5) is 10.5 Å². The van der Waals surface area contributed by atoms with Gasteiger partial charge in [-0.05, 0) is 37.4 Å². The minimum absolute atomic E-state index is 0.0246. The zero-order valence-electron chi connectivity index (χ0n) is 15.8. The molecule has 0 heterocycles. The maximum absolute atomic E-state index is 12.1. The van der Waals surface area contributed by atoms with Crippen LogP contribution in [0.1, 0.15) is 57.4 Å². The maximum Gasteiger partial charge on any atom is 0.315 e. The van der Waals surface area contributed by atoms with Gasteiger partial charge in [-0.2, -0.15) is 0 Å². The number of para-hydroxylation sites is 1. The van der Waals surface area contributed by atoms with Gasteiger partial charge in [-0.3, -0.25) is 4.79 Å². The Kier molecular flexibility index (Phi) is 8.96. The highest BCUT2D eigenvalue weighted by atomic mass is 16.2. The lowest BCUT2D eigenvalue weighted by Gasteiger charge is -2.22. The van der Waals surface area contributed by atoms with E-state index in [-0.39, 0.29) is 11.9 Å². The molecule has 144 valence electrons. The molecular formula is C20H32N4O2. The lowest BCUT2D eigenvalue weighted by molar-refractivity contribution is -0.116. The highest BCUT2D eigenvalue weighted by Crippen LogP contribution is 2.17. The normalized spacial score (nSPS) is 14.7. The molecule has 0 saturated heterocycles. The second kappa shape index (κ2) is 11.5. The maximum atomic E-state index is 12.1. The average molecular weight is 361 g/mol. The number of amides is 3. The first-order valence-electron chi connectivity index (χ1n) is 9.82. The van der Waals surface area contributed by atoms with Gasteiger partial charge in [0.1, 0.15) is 0 Å². The molecule has 26 heavy (non-hydrogen) atoms. The molecule has 0 atom stereocenters. The first-order chi connectivity index (χ1) is 12.7. The second-order valence-corrected chi connectivity index (χ2v) is 6.82. The number of carbonyl (C=O) groups excluding carboxylic acids is 2. The van der Waals surface area contributed by atoms with Gasteiger partial charge in [0.25, 0.3) is 0 Å². The molecule has 0 spiro atoms. The summed E-state index contributed by atoms with van der Waals surface area (Å²) in [6, 6.07) is 8.00. The van der Waals surface area contributed by atoms with E-state index in [1.165, 1.54) is 19.3 Å². The van der Waals surface area contributed by atoms with Crippen molar-refractivity contribution in [1.29, 1.82) is 0 Å². The summed E-state index contributed by atoms with van der Waals surface area (Å²) in [4.78, 5) is 24.0. The lowest BCUT2D eigenvalue weighted by Crippen LogP contribution is -2.43. The van der Waals surface area contributed by atoms with Crippen LogP contribution in [0.25, 0.3) is 0 Å². The highest BCUT2D eigenvalue weighted by molar-refractivity contribution is 5.91.